The minimum atomic E-state index is -0.391. The minimum Gasteiger partial charge on any atom is -0.465 e. The molecule has 0 spiro atoms. The van der Waals surface area contributed by atoms with Crippen molar-refractivity contribution < 1.29 is 19.1 Å². The highest BCUT2D eigenvalue weighted by atomic mass is 16.6. The van der Waals surface area contributed by atoms with Gasteiger partial charge in [-0.05, 0) is 41.7 Å². The molecule has 1 atom stereocenters. The molecule has 0 radical (unpaired) electrons. The molecule has 0 N–H and O–H groups in total. The Labute approximate surface area is 198 Å². The van der Waals surface area contributed by atoms with Gasteiger partial charge < -0.3 is 14.0 Å². The molecule has 1 amide bonds. The number of nitrogens with zero attached hydrogens (tertiary/aromatic N) is 3. The van der Waals surface area contributed by atoms with Gasteiger partial charge in [0.05, 0.1) is 24.4 Å². The van der Waals surface area contributed by atoms with Crippen molar-refractivity contribution in [2.75, 3.05) is 13.7 Å². The number of esters is 1. The molecule has 3 heterocycles. The third kappa shape index (κ3) is 4.46. The average molecular weight is 458 g/mol. The Hall–Kier alpha value is -3.87. The van der Waals surface area contributed by atoms with Gasteiger partial charge in [-0.25, -0.2) is 14.6 Å². The maximum atomic E-state index is 13.1. The zero-order valence-electron chi connectivity index (χ0n) is 19.1. The number of carbonyl (C=O) groups is 2. The molecule has 0 aliphatic carbocycles. The maximum absolute atomic E-state index is 13.1. The maximum Gasteiger partial charge on any atom is 0.410 e. The fraction of sp³-hybridized carbons (Fsp3) is 0.296. The first-order valence-electron chi connectivity index (χ1n) is 11.5. The van der Waals surface area contributed by atoms with Gasteiger partial charge in [-0.15, -0.1) is 0 Å². The molecule has 5 rings (SSSR count). The lowest BCUT2D eigenvalue weighted by molar-refractivity contribution is 0.0600. The standard InChI is InChI=1S/C27H27N3O4/c1-33-26(31)21-11-9-20(10-12-21)24-16-22(23-17-29-14-5-8-25(29)28-23)13-15-30(24)27(32)34-18-19-6-3-2-4-7-19/h2-4,6-7,9-12,16-17,24H,5,8,13-15,18H2,1H3/t24-/m0/s1. The van der Waals surface area contributed by atoms with Crippen LogP contribution >= 0.6 is 0 Å². The number of rotatable bonds is 5. The topological polar surface area (TPSA) is 73.7 Å². The number of fused-ring (bicyclic) bond motifs is 1. The van der Waals surface area contributed by atoms with E-state index in [0.717, 1.165) is 47.6 Å². The molecule has 0 unspecified atom stereocenters. The first kappa shape index (κ1) is 21.9. The number of imidazole rings is 1. The van der Waals surface area contributed by atoms with E-state index < -0.39 is 5.97 Å². The van der Waals surface area contributed by atoms with E-state index >= 15 is 0 Å². The van der Waals surface area contributed by atoms with E-state index in [1.165, 1.54) is 7.11 Å². The Bertz CT molecular complexity index is 1190. The summed E-state index contributed by atoms with van der Waals surface area (Å²) < 4.78 is 12.7. The number of carbonyl (C=O) groups excluding carboxylic acids is 2. The van der Waals surface area contributed by atoms with E-state index in [9.17, 15) is 9.59 Å². The zero-order chi connectivity index (χ0) is 23.5. The Kier molecular flexibility index (Phi) is 6.16. The smallest absolute Gasteiger partial charge is 0.410 e. The molecule has 2 aliphatic heterocycles. The summed E-state index contributed by atoms with van der Waals surface area (Å²) in [7, 11) is 1.36. The molecule has 7 nitrogen and oxygen atoms in total. The fourth-order valence-electron chi connectivity index (χ4n) is 4.58. The summed E-state index contributed by atoms with van der Waals surface area (Å²) in [5, 5.41) is 0. The van der Waals surface area contributed by atoms with E-state index in [4.69, 9.17) is 14.5 Å². The van der Waals surface area contributed by atoms with Crippen LogP contribution in [-0.2, 0) is 29.0 Å². The molecule has 0 fully saturated rings. The second kappa shape index (κ2) is 9.55. The predicted molar refractivity (Wildman–Crippen MR) is 127 cm³/mol. The summed E-state index contributed by atoms with van der Waals surface area (Å²) in [5.74, 6) is 0.734. The number of ether oxygens (including phenoxy) is 2. The van der Waals surface area contributed by atoms with Crippen molar-refractivity contribution in [1.29, 1.82) is 0 Å². The van der Waals surface area contributed by atoms with Gasteiger partial charge in [0.25, 0.3) is 0 Å². The van der Waals surface area contributed by atoms with Gasteiger partial charge in [0, 0.05) is 25.7 Å². The normalized spacial score (nSPS) is 17.1. The quantitative estimate of drug-likeness (QED) is 0.516. The summed E-state index contributed by atoms with van der Waals surface area (Å²) in [5.41, 5.74) is 4.40. The van der Waals surface area contributed by atoms with Crippen molar-refractivity contribution in [2.24, 2.45) is 0 Å². The van der Waals surface area contributed by atoms with Gasteiger partial charge in [0.2, 0.25) is 0 Å². The van der Waals surface area contributed by atoms with Crippen molar-refractivity contribution >= 4 is 17.6 Å². The molecule has 34 heavy (non-hydrogen) atoms. The summed E-state index contributed by atoms with van der Waals surface area (Å²) in [6.07, 6.45) is 6.69. The second-order valence-electron chi connectivity index (χ2n) is 8.57. The molecular weight excluding hydrogens is 430 g/mol. The van der Waals surface area contributed by atoms with Crippen molar-refractivity contribution in [3.63, 3.8) is 0 Å². The summed E-state index contributed by atoms with van der Waals surface area (Å²) >= 11 is 0. The highest BCUT2D eigenvalue weighted by molar-refractivity contribution is 5.89. The van der Waals surface area contributed by atoms with Crippen LogP contribution in [0.15, 0.2) is 66.9 Å². The first-order valence-corrected chi connectivity index (χ1v) is 11.5. The highest BCUT2D eigenvalue weighted by Gasteiger charge is 2.30. The lowest BCUT2D eigenvalue weighted by Gasteiger charge is -2.34. The van der Waals surface area contributed by atoms with Gasteiger partial charge in [-0.3, -0.25) is 4.90 Å². The number of hydrogen-bond acceptors (Lipinski definition) is 5. The van der Waals surface area contributed by atoms with Crippen molar-refractivity contribution in [3.8, 4) is 0 Å². The first-order chi connectivity index (χ1) is 16.6. The second-order valence-corrected chi connectivity index (χ2v) is 8.57. The molecule has 3 aromatic rings. The van der Waals surface area contributed by atoms with Crippen LogP contribution in [0.3, 0.4) is 0 Å². The molecule has 2 aliphatic rings. The largest absolute Gasteiger partial charge is 0.465 e. The molecule has 174 valence electrons. The van der Waals surface area contributed by atoms with Crippen LogP contribution in [0, 0.1) is 0 Å². The number of amides is 1. The molecule has 7 heteroatoms. The number of aryl methyl sites for hydroxylation is 2. The minimum absolute atomic E-state index is 0.217. The van der Waals surface area contributed by atoms with Crippen LogP contribution in [0.5, 0.6) is 0 Å². The van der Waals surface area contributed by atoms with Gasteiger partial charge in [-0.1, -0.05) is 48.5 Å². The number of benzene rings is 2. The lowest BCUT2D eigenvalue weighted by atomic mass is 9.94. The van der Waals surface area contributed by atoms with Gasteiger partial charge >= 0.3 is 12.1 Å². The predicted octanol–water partition coefficient (Wildman–Crippen LogP) is 4.78. The van der Waals surface area contributed by atoms with E-state index in [2.05, 4.69) is 16.8 Å². The SMILES string of the molecule is COC(=O)c1ccc([C@@H]2C=C(c3cn4c(n3)CCC4)CCN2C(=O)OCc2ccccc2)cc1. The molecular formula is C27H27N3O4. The average Bonchev–Trinajstić information content (AvgIpc) is 3.50. The van der Waals surface area contributed by atoms with E-state index in [-0.39, 0.29) is 18.7 Å². The van der Waals surface area contributed by atoms with Crippen LogP contribution in [0.4, 0.5) is 4.79 Å². The molecule has 0 saturated heterocycles. The fourth-order valence-corrected chi connectivity index (χ4v) is 4.58. The Morgan fingerprint density at radius 1 is 1.03 bits per heavy atom. The van der Waals surface area contributed by atoms with Crippen molar-refractivity contribution in [2.45, 2.75) is 38.5 Å². The molecule has 0 bridgehead atoms. The van der Waals surface area contributed by atoms with Crippen LogP contribution in [0.2, 0.25) is 0 Å². The van der Waals surface area contributed by atoms with Crippen molar-refractivity contribution in [1.82, 2.24) is 14.5 Å². The Morgan fingerprint density at radius 3 is 2.56 bits per heavy atom. The third-order valence-electron chi connectivity index (χ3n) is 6.42. The van der Waals surface area contributed by atoms with Gasteiger partial charge in [0.1, 0.15) is 12.4 Å². The van der Waals surface area contributed by atoms with Crippen LogP contribution in [0.1, 0.15) is 51.9 Å². The van der Waals surface area contributed by atoms with Crippen LogP contribution in [0.25, 0.3) is 5.57 Å². The van der Waals surface area contributed by atoms with E-state index in [0.29, 0.717) is 18.5 Å². The zero-order valence-corrected chi connectivity index (χ0v) is 19.1. The Balaban J connectivity index is 1.42. The van der Waals surface area contributed by atoms with Crippen LogP contribution < -0.4 is 0 Å². The van der Waals surface area contributed by atoms with E-state index in [1.807, 2.05) is 42.5 Å². The van der Waals surface area contributed by atoms with Gasteiger partial charge in [0.15, 0.2) is 0 Å². The highest BCUT2D eigenvalue weighted by Crippen LogP contribution is 2.34. The monoisotopic (exact) mass is 457 g/mol. The molecule has 2 aromatic carbocycles. The van der Waals surface area contributed by atoms with Gasteiger partial charge in [-0.2, -0.15) is 0 Å². The Morgan fingerprint density at radius 2 is 1.82 bits per heavy atom. The van der Waals surface area contributed by atoms with Crippen molar-refractivity contribution in [3.05, 3.63) is 95.1 Å². The van der Waals surface area contributed by atoms with E-state index in [1.54, 1.807) is 17.0 Å². The molecule has 1 aromatic heterocycles. The summed E-state index contributed by atoms with van der Waals surface area (Å²) in [6, 6.07) is 16.5. The lowest BCUT2D eigenvalue weighted by Crippen LogP contribution is -2.37. The number of hydrogen-bond donors (Lipinski definition) is 0. The summed E-state index contributed by atoms with van der Waals surface area (Å²) in [6.45, 7) is 1.74. The number of aromatic nitrogens is 2. The number of methoxy groups -OCH3 is 1. The molecule has 0 saturated carbocycles. The third-order valence-corrected chi connectivity index (χ3v) is 6.42. The van der Waals surface area contributed by atoms with Crippen LogP contribution in [-0.4, -0.2) is 40.2 Å². The summed E-state index contributed by atoms with van der Waals surface area (Å²) in [4.78, 5) is 31.6.